The van der Waals surface area contributed by atoms with Crippen molar-refractivity contribution in [2.24, 2.45) is 0 Å². The Morgan fingerprint density at radius 2 is 1.96 bits per heavy atom. The highest BCUT2D eigenvalue weighted by Crippen LogP contribution is 2.24. The molecule has 3 aromatic rings. The molecule has 0 spiro atoms. The van der Waals surface area contributed by atoms with Gasteiger partial charge in [0.1, 0.15) is 0 Å². The first kappa shape index (κ1) is 15.5. The lowest BCUT2D eigenvalue weighted by molar-refractivity contribution is 0.102. The van der Waals surface area contributed by atoms with Crippen molar-refractivity contribution in [2.75, 3.05) is 5.32 Å². The lowest BCUT2D eigenvalue weighted by Crippen LogP contribution is -2.12. The van der Waals surface area contributed by atoms with Gasteiger partial charge < -0.3 is 9.73 Å². The average Bonchev–Trinajstić information content (AvgIpc) is 2.94. The van der Waals surface area contributed by atoms with Gasteiger partial charge in [0.25, 0.3) is 5.91 Å². The normalized spacial score (nSPS) is 10.6. The van der Waals surface area contributed by atoms with Crippen molar-refractivity contribution in [3.63, 3.8) is 0 Å². The molecule has 1 N–H and O–H groups in total. The SMILES string of the molecule is Cc1nnc(-c2cccc(NC(=O)c3ccc(Cl)cc3Cl)c2)o1. The summed E-state index contributed by atoms with van der Waals surface area (Å²) in [5.74, 6) is 0.538. The van der Waals surface area contributed by atoms with Crippen LogP contribution in [-0.2, 0) is 0 Å². The summed E-state index contributed by atoms with van der Waals surface area (Å²) in [6.45, 7) is 1.71. The number of anilines is 1. The van der Waals surface area contributed by atoms with E-state index in [1.54, 1.807) is 37.3 Å². The third-order valence-electron chi connectivity index (χ3n) is 3.07. The Bertz CT molecular complexity index is 877. The predicted octanol–water partition coefficient (Wildman–Crippen LogP) is 4.60. The standard InChI is InChI=1S/C16H11Cl2N3O2/c1-9-20-21-16(23-9)10-3-2-4-12(7-10)19-15(22)13-6-5-11(17)8-14(13)18/h2-8H,1H3,(H,19,22). The summed E-state index contributed by atoms with van der Waals surface area (Å²) in [5, 5.41) is 11.3. The first-order chi connectivity index (χ1) is 11.0. The molecule has 0 saturated heterocycles. The molecule has 0 fully saturated rings. The highest BCUT2D eigenvalue weighted by Gasteiger charge is 2.12. The summed E-state index contributed by atoms with van der Waals surface area (Å²) < 4.78 is 5.38. The van der Waals surface area contributed by atoms with E-state index in [9.17, 15) is 4.79 Å². The number of rotatable bonds is 3. The van der Waals surface area contributed by atoms with E-state index in [2.05, 4.69) is 15.5 Å². The summed E-state index contributed by atoms with van der Waals surface area (Å²) >= 11 is 11.9. The number of carbonyl (C=O) groups excluding carboxylic acids is 1. The molecular formula is C16H11Cl2N3O2. The minimum atomic E-state index is -0.328. The minimum Gasteiger partial charge on any atom is -0.421 e. The van der Waals surface area contributed by atoms with E-state index in [1.807, 2.05) is 6.07 Å². The van der Waals surface area contributed by atoms with Gasteiger partial charge in [0.2, 0.25) is 11.8 Å². The molecule has 1 heterocycles. The molecular weight excluding hydrogens is 337 g/mol. The number of aryl methyl sites for hydroxylation is 1. The van der Waals surface area contributed by atoms with Gasteiger partial charge in [-0.3, -0.25) is 4.79 Å². The Hall–Kier alpha value is -2.37. The van der Waals surface area contributed by atoms with Crippen LogP contribution in [0.1, 0.15) is 16.2 Å². The summed E-state index contributed by atoms with van der Waals surface area (Å²) in [6.07, 6.45) is 0. The maximum atomic E-state index is 12.3. The number of nitrogens with one attached hydrogen (secondary N) is 1. The summed E-state index contributed by atoms with van der Waals surface area (Å²) in [7, 11) is 0. The Balaban J connectivity index is 1.84. The minimum absolute atomic E-state index is 0.290. The van der Waals surface area contributed by atoms with Gasteiger partial charge in [-0.25, -0.2) is 0 Å². The summed E-state index contributed by atoms with van der Waals surface area (Å²) in [6, 6.07) is 11.8. The van der Waals surface area contributed by atoms with Crippen LogP contribution in [0.3, 0.4) is 0 Å². The topological polar surface area (TPSA) is 68.0 Å². The lowest BCUT2D eigenvalue weighted by atomic mass is 10.1. The molecule has 23 heavy (non-hydrogen) atoms. The molecule has 0 unspecified atom stereocenters. The van der Waals surface area contributed by atoms with Crippen LogP contribution in [0.2, 0.25) is 10.0 Å². The molecule has 0 aliphatic heterocycles. The van der Waals surface area contributed by atoms with E-state index >= 15 is 0 Å². The number of amides is 1. The second-order valence-corrected chi connectivity index (χ2v) is 5.63. The van der Waals surface area contributed by atoms with Crippen molar-refractivity contribution in [2.45, 2.75) is 6.92 Å². The second-order valence-electron chi connectivity index (χ2n) is 4.79. The molecule has 5 nitrogen and oxygen atoms in total. The summed E-state index contributed by atoms with van der Waals surface area (Å²) in [5.41, 5.74) is 1.65. The zero-order valence-corrected chi connectivity index (χ0v) is 13.5. The molecule has 3 rings (SSSR count). The van der Waals surface area contributed by atoms with Crippen molar-refractivity contribution in [1.29, 1.82) is 0 Å². The van der Waals surface area contributed by atoms with Gasteiger partial charge >= 0.3 is 0 Å². The van der Waals surface area contributed by atoms with Crippen LogP contribution in [0.4, 0.5) is 5.69 Å². The zero-order chi connectivity index (χ0) is 16.4. The first-order valence-electron chi connectivity index (χ1n) is 6.70. The first-order valence-corrected chi connectivity index (χ1v) is 7.45. The van der Waals surface area contributed by atoms with E-state index < -0.39 is 0 Å². The molecule has 0 aliphatic rings. The molecule has 1 aromatic heterocycles. The quantitative estimate of drug-likeness (QED) is 0.751. The van der Waals surface area contributed by atoms with Crippen molar-refractivity contribution in [3.8, 4) is 11.5 Å². The van der Waals surface area contributed by atoms with Crippen molar-refractivity contribution in [3.05, 3.63) is 64.0 Å². The molecule has 0 atom stereocenters. The fourth-order valence-electron chi connectivity index (χ4n) is 2.02. The molecule has 116 valence electrons. The van der Waals surface area contributed by atoms with Crippen LogP contribution in [0, 0.1) is 6.92 Å². The van der Waals surface area contributed by atoms with Gasteiger partial charge in [-0.1, -0.05) is 29.3 Å². The Morgan fingerprint density at radius 1 is 1.13 bits per heavy atom. The van der Waals surface area contributed by atoms with Gasteiger partial charge in [0.15, 0.2) is 0 Å². The van der Waals surface area contributed by atoms with E-state index in [4.69, 9.17) is 27.6 Å². The lowest BCUT2D eigenvalue weighted by Gasteiger charge is -2.08. The molecule has 0 radical (unpaired) electrons. The smallest absolute Gasteiger partial charge is 0.257 e. The van der Waals surface area contributed by atoms with Crippen LogP contribution in [0.25, 0.3) is 11.5 Å². The number of carbonyl (C=O) groups is 1. The molecule has 1 amide bonds. The largest absolute Gasteiger partial charge is 0.421 e. The monoisotopic (exact) mass is 347 g/mol. The maximum absolute atomic E-state index is 12.3. The number of benzene rings is 2. The third-order valence-corrected chi connectivity index (χ3v) is 3.62. The molecule has 7 heteroatoms. The van der Waals surface area contributed by atoms with E-state index in [0.29, 0.717) is 38.6 Å². The van der Waals surface area contributed by atoms with Gasteiger partial charge in [-0.15, -0.1) is 10.2 Å². The van der Waals surface area contributed by atoms with Crippen LogP contribution >= 0.6 is 23.2 Å². The predicted molar refractivity (Wildman–Crippen MR) is 88.9 cm³/mol. The third kappa shape index (κ3) is 3.52. The van der Waals surface area contributed by atoms with Crippen LogP contribution in [0.5, 0.6) is 0 Å². The van der Waals surface area contributed by atoms with E-state index in [0.717, 1.165) is 0 Å². The zero-order valence-electron chi connectivity index (χ0n) is 12.0. The number of hydrogen-bond acceptors (Lipinski definition) is 4. The van der Waals surface area contributed by atoms with Gasteiger partial charge in [-0.2, -0.15) is 0 Å². The van der Waals surface area contributed by atoms with Gasteiger partial charge in [-0.05, 0) is 36.4 Å². The number of hydrogen-bond donors (Lipinski definition) is 1. The Labute approximate surface area is 142 Å². The van der Waals surface area contributed by atoms with Crippen LogP contribution in [-0.4, -0.2) is 16.1 Å². The van der Waals surface area contributed by atoms with E-state index in [1.165, 1.54) is 6.07 Å². The highest BCUT2D eigenvalue weighted by atomic mass is 35.5. The number of nitrogens with zero attached hydrogens (tertiary/aromatic N) is 2. The Kier molecular flexibility index (Phi) is 4.32. The average molecular weight is 348 g/mol. The van der Waals surface area contributed by atoms with Crippen LogP contribution in [0.15, 0.2) is 46.9 Å². The van der Waals surface area contributed by atoms with Crippen LogP contribution < -0.4 is 5.32 Å². The molecule has 0 aliphatic carbocycles. The second kappa shape index (κ2) is 6.40. The molecule has 0 saturated carbocycles. The molecule has 0 bridgehead atoms. The maximum Gasteiger partial charge on any atom is 0.257 e. The summed E-state index contributed by atoms with van der Waals surface area (Å²) in [4.78, 5) is 12.3. The molecule has 2 aromatic carbocycles. The number of aromatic nitrogens is 2. The van der Waals surface area contributed by atoms with Crippen molar-refractivity contribution >= 4 is 34.8 Å². The van der Waals surface area contributed by atoms with Gasteiger partial charge in [0.05, 0.1) is 10.6 Å². The fraction of sp³-hybridized carbons (Fsp3) is 0.0625. The Morgan fingerprint density at radius 3 is 2.65 bits per heavy atom. The van der Waals surface area contributed by atoms with E-state index in [-0.39, 0.29) is 5.91 Å². The fourth-order valence-corrected chi connectivity index (χ4v) is 2.51. The highest BCUT2D eigenvalue weighted by molar-refractivity contribution is 6.37. The van der Waals surface area contributed by atoms with Gasteiger partial charge in [0, 0.05) is 23.2 Å². The van der Waals surface area contributed by atoms with Crippen molar-refractivity contribution < 1.29 is 9.21 Å². The number of halogens is 2. The van der Waals surface area contributed by atoms with Crippen molar-refractivity contribution in [1.82, 2.24) is 10.2 Å².